The molecule has 0 N–H and O–H groups in total. The molecule has 29 heavy (non-hydrogen) atoms. The van der Waals surface area contributed by atoms with Crippen molar-refractivity contribution in [3.8, 4) is 5.88 Å². The van der Waals surface area contributed by atoms with E-state index >= 15 is 0 Å². The Hall–Kier alpha value is -2.15. The quantitative estimate of drug-likeness (QED) is 0.629. The largest absolute Gasteiger partial charge is 0.471 e. The van der Waals surface area contributed by atoms with Crippen LogP contribution in [0.25, 0.3) is 0 Å². The summed E-state index contributed by atoms with van der Waals surface area (Å²) in [5, 5.41) is 0.517. The molecule has 6 nitrogen and oxygen atoms in total. The van der Waals surface area contributed by atoms with Gasteiger partial charge >= 0.3 is 0 Å². The zero-order valence-corrected chi connectivity index (χ0v) is 17.0. The summed E-state index contributed by atoms with van der Waals surface area (Å²) in [7, 11) is 0. The van der Waals surface area contributed by atoms with Crippen LogP contribution in [0.1, 0.15) is 41.6 Å². The normalized spacial score (nSPS) is 21.9. The molecule has 154 valence electrons. The van der Waals surface area contributed by atoms with Gasteiger partial charge < -0.3 is 19.1 Å². The zero-order valence-electron chi connectivity index (χ0n) is 16.3. The number of nitrogens with zero attached hydrogens (tertiary/aromatic N) is 2. The molecule has 1 aromatic heterocycles. The van der Waals surface area contributed by atoms with Gasteiger partial charge in [0.2, 0.25) is 5.88 Å². The predicted octanol–water partition coefficient (Wildman–Crippen LogP) is 4.25. The third kappa shape index (κ3) is 5.07. The zero-order chi connectivity index (χ0) is 20.1. The summed E-state index contributed by atoms with van der Waals surface area (Å²) in [5.41, 5.74) is 2.69. The molecule has 2 fully saturated rings. The van der Waals surface area contributed by atoms with Gasteiger partial charge in [0.15, 0.2) is 6.29 Å². The van der Waals surface area contributed by atoms with Crippen molar-refractivity contribution in [2.45, 2.75) is 44.7 Å². The van der Waals surface area contributed by atoms with E-state index in [1.807, 2.05) is 18.2 Å². The Kier molecular flexibility index (Phi) is 6.64. The number of anilines is 1. The van der Waals surface area contributed by atoms with Crippen molar-refractivity contribution in [3.05, 3.63) is 52.7 Å². The number of halogens is 1. The minimum Gasteiger partial charge on any atom is -0.471 e. The molecule has 0 radical (unpaired) electrons. The molecule has 0 aliphatic carbocycles. The lowest BCUT2D eigenvalue weighted by atomic mass is 10.1. The molecule has 2 atom stereocenters. The standard InChI is InChI=1S/C22H25ClN2O4/c23-19-4-3-9-24-22(19)29-18-8-10-25(13-18)20-7-6-16(14-26)12-17(20)15-28-21-5-1-2-11-27-21/h3-4,6-7,9,12,14,18,21H,1-2,5,8,10-11,13,15H2. The smallest absolute Gasteiger partial charge is 0.232 e. The molecule has 0 bridgehead atoms. The maximum Gasteiger partial charge on any atom is 0.232 e. The molecule has 1 aromatic carbocycles. The molecule has 4 rings (SSSR count). The first-order chi connectivity index (χ1) is 14.2. The van der Waals surface area contributed by atoms with E-state index < -0.39 is 0 Å². The fourth-order valence-corrected chi connectivity index (χ4v) is 3.95. The van der Waals surface area contributed by atoms with Crippen LogP contribution in [0.5, 0.6) is 5.88 Å². The minimum absolute atomic E-state index is 0.00333. The number of benzene rings is 1. The monoisotopic (exact) mass is 416 g/mol. The molecule has 7 heteroatoms. The number of hydrogen-bond donors (Lipinski definition) is 0. The third-order valence-corrected chi connectivity index (χ3v) is 5.58. The minimum atomic E-state index is -0.169. The van der Waals surface area contributed by atoms with Crippen molar-refractivity contribution in [2.24, 2.45) is 0 Å². The number of aldehydes is 1. The molecule has 2 unspecified atom stereocenters. The highest BCUT2D eigenvalue weighted by Crippen LogP contribution is 2.30. The van der Waals surface area contributed by atoms with Crippen LogP contribution < -0.4 is 9.64 Å². The van der Waals surface area contributed by atoms with Gasteiger partial charge in [0, 0.05) is 42.6 Å². The number of carbonyl (C=O) groups is 1. The Bertz CT molecular complexity index is 841. The molecule has 2 aliphatic heterocycles. The van der Waals surface area contributed by atoms with Crippen LogP contribution in [0.15, 0.2) is 36.5 Å². The first kappa shape index (κ1) is 20.1. The van der Waals surface area contributed by atoms with E-state index in [4.69, 9.17) is 25.8 Å². The Morgan fingerprint density at radius 1 is 1.28 bits per heavy atom. The average Bonchev–Trinajstić information content (AvgIpc) is 3.22. The van der Waals surface area contributed by atoms with Crippen LogP contribution in [0.3, 0.4) is 0 Å². The third-order valence-electron chi connectivity index (χ3n) is 5.29. The SMILES string of the molecule is O=Cc1ccc(N2CCC(Oc3ncccc3Cl)C2)c(COC2CCCCO2)c1. The van der Waals surface area contributed by atoms with Crippen LogP contribution in [0, 0.1) is 0 Å². The second-order valence-corrected chi connectivity index (χ2v) is 7.79. The maximum atomic E-state index is 11.3. The Morgan fingerprint density at radius 2 is 2.21 bits per heavy atom. The van der Waals surface area contributed by atoms with Gasteiger partial charge in [0.05, 0.1) is 13.2 Å². The van der Waals surface area contributed by atoms with Crippen LogP contribution in [0.2, 0.25) is 5.02 Å². The van der Waals surface area contributed by atoms with Crippen LogP contribution >= 0.6 is 11.6 Å². The van der Waals surface area contributed by atoms with Crippen molar-refractivity contribution < 1.29 is 19.0 Å². The van der Waals surface area contributed by atoms with Gasteiger partial charge in [-0.2, -0.15) is 0 Å². The topological polar surface area (TPSA) is 60.9 Å². The number of pyridine rings is 1. The molecule has 3 heterocycles. The van der Waals surface area contributed by atoms with Crippen LogP contribution in [-0.2, 0) is 16.1 Å². The number of hydrogen-bond acceptors (Lipinski definition) is 6. The lowest BCUT2D eigenvalue weighted by molar-refractivity contribution is -0.168. The van der Waals surface area contributed by atoms with Gasteiger partial charge in [-0.05, 0) is 49.6 Å². The van der Waals surface area contributed by atoms with Crippen molar-refractivity contribution in [2.75, 3.05) is 24.6 Å². The summed E-state index contributed by atoms with van der Waals surface area (Å²) in [6.07, 6.45) is 6.36. The summed E-state index contributed by atoms with van der Waals surface area (Å²) >= 11 is 6.17. The van der Waals surface area contributed by atoms with Crippen LogP contribution in [-0.4, -0.2) is 43.4 Å². The number of carbonyl (C=O) groups excluding carboxylic acids is 1. The molecule has 2 aliphatic rings. The average molecular weight is 417 g/mol. The molecule has 0 spiro atoms. The van der Waals surface area contributed by atoms with Gasteiger partial charge in [0.1, 0.15) is 17.4 Å². The van der Waals surface area contributed by atoms with Crippen molar-refractivity contribution in [1.29, 1.82) is 0 Å². The lowest BCUT2D eigenvalue weighted by Crippen LogP contribution is -2.26. The maximum absolute atomic E-state index is 11.3. The second kappa shape index (κ2) is 9.57. The summed E-state index contributed by atoms with van der Waals surface area (Å²) in [6.45, 7) is 2.73. The highest BCUT2D eigenvalue weighted by molar-refractivity contribution is 6.31. The first-order valence-corrected chi connectivity index (χ1v) is 10.4. The fourth-order valence-electron chi connectivity index (χ4n) is 3.79. The highest BCUT2D eigenvalue weighted by Gasteiger charge is 2.27. The first-order valence-electron chi connectivity index (χ1n) is 10.1. The number of rotatable bonds is 7. The van der Waals surface area contributed by atoms with E-state index in [1.165, 1.54) is 0 Å². The van der Waals surface area contributed by atoms with Gasteiger partial charge in [-0.15, -0.1) is 0 Å². The Labute approximate surface area is 175 Å². The van der Waals surface area contributed by atoms with Crippen LogP contribution in [0.4, 0.5) is 5.69 Å². The van der Waals surface area contributed by atoms with E-state index in [9.17, 15) is 4.79 Å². The summed E-state index contributed by atoms with van der Waals surface area (Å²) in [6, 6.07) is 9.28. The molecule has 2 saturated heterocycles. The Morgan fingerprint density at radius 3 is 3.00 bits per heavy atom. The van der Waals surface area contributed by atoms with Gasteiger partial charge in [-0.25, -0.2) is 4.98 Å². The summed E-state index contributed by atoms with van der Waals surface area (Å²) in [4.78, 5) is 17.7. The van der Waals surface area contributed by atoms with E-state index in [0.29, 0.717) is 23.1 Å². The highest BCUT2D eigenvalue weighted by atomic mass is 35.5. The van der Waals surface area contributed by atoms with Gasteiger partial charge in [0.25, 0.3) is 0 Å². The van der Waals surface area contributed by atoms with Crippen molar-refractivity contribution >= 4 is 23.6 Å². The van der Waals surface area contributed by atoms with Gasteiger partial charge in [-0.3, -0.25) is 4.79 Å². The van der Waals surface area contributed by atoms with E-state index in [0.717, 1.165) is 62.9 Å². The summed E-state index contributed by atoms with van der Waals surface area (Å²) in [5.74, 6) is 0.468. The van der Waals surface area contributed by atoms with Gasteiger partial charge in [-0.1, -0.05) is 11.6 Å². The fraction of sp³-hybridized carbons (Fsp3) is 0.455. The Balaban J connectivity index is 1.44. The molecular formula is C22H25ClN2O4. The van der Waals surface area contributed by atoms with E-state index in [-0.39, 0.29) is 12.4 Å². The van der Waals surface area contributed by atoms with Crippen molar-refractivity contribution in [3.63, 3.8) is 0 Å². The molecular weight excluding hydrogens is 392 g/mol. The molecule has 0 saturated carbocycles. The predicted molar refractivity (Wildman–Crippen MR) is 111 cm³/mol. The second-order valence-electron chi connectivity index (χ2n) is 7.38. The lowest BCUT2D eigenvalue weighted by Gasteiger charge is -2.25. The summed E-state index contributed by atoms with van der Waals surface area (Å²) < 4.78 is 17.7. The molecule has 2 aromatic rings. The van der Waals surface area contributed by atoms with E-state index in [1.54, 1.807) is 18.3 Å². The molecule has 0 amide bonds. The van der Waals surface area contributed by atoms with E-state index in [2.05, 4.69) is 9.88 Å². The number of aromatic nitrogens is 1. The number of ether oxygens (including phenoxy) is 3. The van der Waals surface area contributed by atoms with Crippen molar-refractivity contribution in [1.82, 2.24) is 4.98 Å².